The van der Waals surface area contributed by atoms with Crippen molar-refractivity contribution in [3.63, 3.8) is 0 Å². The van der Waals surface area contributed by atoms with E-state index >= 15 is 0 Å². The van der Waals surface area contributed by atoms with Crippen LogP contribution in [-0.2, 0) is 0 Å². The fourth-order valence-corrected chi connectivity index (χ4v) is 2.18. The molecule has 0 aromatic heterocycles. The summed E-state index contributed by atoms with van der Waals surface area (Å²) in [6, 6.07) is 13.5. The van der Waals surface area contributed by atoms with E-state index in [2.05, 4.69) is 15.9 Å². The Bertz CT molecular complexity index is 483. The monoisotopic (exact) mass is 282 g/mol. The van der Waals surface area contributed by atoms with Crippen molar-refractivity contribution in [2.24, 2.45) is 0 Å². The first-order chi connectivity index (χ1) is 7.70. The van der Waals surface area contributed by atoms with Gasteiger partial charge in [0.1, 0.15) is 0 Å². The Balaban J connectivity index is 2.42. The summed E-state index contributed by atoms with van der Waals surface area (Å²) in [4.78, 5) is -0.329. The Morgan fingerprint density at radius 3 is 2.25 bits per heavy atom. The van der Waals surface area contributed by atoms with Crippen LogP contribution in [0.3, 0.4) is 0 Å². The Morgan fingerprint density at radius 2 is 1.56 bits per heavy atom. The minimum atomic E-state index is -0.821. The van der Waals surface area contributed by atoms with E-state index in [0.717, 1.165) is 11.6 Å². The van der Waals surface area contributed by atoms with E-state index in [-0.39, 0.29) is 4.83 Å². The maximum atomic E-state index is 13.5. The van der Waals surface area contributed by atoms with E-state index in [4.69, 9.17) is 0 Å². The molecule has 82 valence electrons. The summed E-state index contributed by atoms with van der Waals surface area (Å²) in [7, 11) is 0. The van der Waals surface area contributed by atoms with E-state index < -0.39 is 11.6 Å². The fraction of sp³-hybridized carbons (Fsp3) is 0.0769. The molecule has 3 heteroatoms. The van der Waals surface area contributed by atoms with Gasteiger partial charge in [0.05, 0.1) is 4.83 Å². The number of alkyl halides is 1. The normalized spacial score (nSPS) is 12.4. The van der Waals surface area contributed by atoms with Gasteiger partial charge in [-0.15, -0.1) is 0 Å². The molecule has 2 aromatic rings. The van der Waals surface area contributed by atoms with Gasteiger partial charge in [0.15, 0.2) is 11.6 Å². The van der Waals surface area contributed by atoms with Crippen LogP contribution in [0.25, 0.3) is 0 Å². The van der Waals surface area contributed by atoms with Crippen LogP contribution in [0.2, 0.25) is 0 Å². The molecule has 0 aliphatic heterocycles. The SMILES string of the molecule is Fc1cccc(C(Br)c2ccccc2)c1F. The first kappa shape index (κ1) is 11.3. The number of halogens is 3. The predicted molar refractivity (Wildman–Crippen MR) is 63.6 cm³/mol. The van der Waals surface area contributed by atoms with Gasteiger partial charge in [0, 0.05) is 5.56 Å². The van der Waals surface area contributed by atoms with Crippen LogP contribution in [0.4, 0.5) is 8.78 Å². The number of hydrogen-bond donors (Lipinski definition) is 0. The average Bonchev–Trinajstić information content (AvgIpc) is 2.33. The van der Waals surface area contributed by atoms with Gasteiger partial charge >= 0.3 is 0 Å². The van der Waals surface area contributed by atoms with Crippen LogP contribution in [-0.4, -0.2) is 0 Å². The highest BCUT2D eigenvalue weighted by molar-refractivity contribution is 9.09. The van der Waals surface area contributed by atoms with Gasteiger partial charge in [0.25, 0.3) is 0 Å². The van der Waals surface area contributed by atoms with Crippen LogP contribution in [0.15, 0.2) is 48.5 Å². The fourth-order valence-electron chi connectivity index (χ4n) is 1.52. The molecular weight excluding hydrogens is 274 g/mol. The topological polar surface area (TPSA) is 0 Å². The average molecular weight is 283 g/mol. The smallest absolute Gasteiger partial charge is 0.163 e. The van der Waals surface area contributed by atoms with Crippen molar-refractivity contribution in [1.82, 2.24) is 0 Å². The minimum Gasteiger partial charge on any atom is -0.204 e. The van der Waals surface area contributed by atoms with Crippen molar-refractivity contribution < 1.29 is 8.78 Å². The highest BCUT2D eigenvalue weighted by Crippen LogP contribution is 2.32. The quantitative estimate of drug-likeness (QED) is 0.714. The zero-order valence-corrected chi connectivity index (χ0v) is 9.92. The molecule has 0 saturated carbocycles. The van der Waals surface area contributed by atoms with Gasteiger partial charge in [-0.2, -0.15) is 0 Å². The van der Waals surface area contributed by atoms with Gasteiger partial charge in [-0.25, -0.2) is 8.78 Å². The third-order valence-electron chi connectivity index (χ3n) is 2.35. The molecule has 0 aliphatic rings. The second kappa shape index (κ2) is 4.74. The summed E-state index contributed by atoms with van der Waals surface area (Å²) in [5, 5.41) is 0. The van der Waals surface area contributed by atoms with Crippen LogP contribution in [0.5, 0.6) is 0 Å². The van der Waals surface area contributed by atoms with Gasteiger partial charge in [-0.3, -0.25) is 0 Å². The standard InChI is InChI=1S/C13H9BrF2/c14-12(9-5-2-1-3-6-9)10-7-4-8-11(15)13(10)16/h1-8,12H. The van der Waals surface area contributed by atoms with Crippen LogP contribution < -0.4 is 0 Å². The second-order valence-corrected chi connectivity index (χ2v) is 4.33. The molecule has 0 saturated heterocycles. The Morgan fingerprint density at radius 1 is 0.875 bits per heavy atom. The summed E-state index contributed by atoms with van der Waals surface area (Å²) in [5.41, 5.74) is 1.21. The van der Waals surface area contributed by atoms with Gasteiger partial charge in [-0.1, -0.05) is 58.4 Å². The van der Waals surface area contributed by atoms with Crippen LogP contribution >= 0.6 is 15.9 Å². The molecule has 1 unspecified atom stereocenters. The van der Waals surface area contributed by atoms with Crippen molar-refractivity contribution in [3.8, 4) is 0 Å². The largest absolute Gasteiger partial charge is 0.204 e. The first-order valence-electron chi connectivity index (χ1n) is 4.83. The van der Waals surface area contributed by atoms with Gasteiger partial charge < -0.3 is 0 Å². The zero-order chi connectivity index (χ0) is 11.5. The molecule has 0 bridgehead atoms. The molecule has 2 aromatic carbocycles. The Labute approximate surface area is 101 Å². The summed E-state index contributed by atoms with van der Waals surface area (Å²) in [6.07, 6.45) is 0. The number of benzene rings is 2. The minimum absolute atomic E-state index is 0.311. The lowest BCUT2D eigenvalue weighted by atomic mass is 10.0. The highest BCUT2D eigenvalue weighted by atomic mass is 79.9. The summed E-state index contributed by atoms with van der Waals surface area (Å²) in [5.74, 6) is -1.62. The van der Waals surface area contributed by atoms with E-state index in [1.165, 1.54) is 6.07 Å². The predicted octanol–water partition coefficient (Wildman–Crippen LogP) is 4.45. The van der Waals surface area contributed by atoms with Crippen molar-refractivity contribution >= 4 is 15.9 Å². The van der Waals surface area contributed by atoms with Crippen molar-refractivity contribution in [1.29, 1.82) is 0 Å². The molecular formula is C13H9BrF2. The van der Waals surface area contributed by atoms with Crippen molar-refractivity contribution in [3.05, 3.63) is 71.3 Å². The molecule has 2 rings (SSSR count). The summed E-state index contributed by atoms with van der Waals surface area (Å²) in [6.45, 7) is 0. The molecule has 0 spiro atoms. The van der Waals surface area contributed by atoms with E-state index in [1.54, 1.807) is 6.07 Å². The third kappa shape index (κ3) is 2.14. The maximum Gasteiger partial charge on any atom is 0.163 e. The van der Waals surface area contributed by atoms with E-state index in [9.17, 15) is 8.78 Å². The number of hydrogen-bond acceptors (Lipinski definition) is 0. The highest BCUT2D eigenvalue weighted by Gasteiger charge is 2.16. The van der Waals surface area contributed by atoms with Crippen molar-refractivity contribution in [2.45, 2.75) is 4.83 Å². The molecule has 0 aliphatic carbocycles. The lowest BCUT2D eigenvalue weighted by Gasteiger charge is -2.11. The lowest BCUT2D eigenvalue weighted by Crippen LogP contribution is -1.98. The van der Waals surface area contributed by atoms with Gasteiger partial charge in [-0.05, 0) is 11.6 Å². The van der Waals surface area contributed by atoms with E-state index in [1.807, 2.05) is 30.3 Å². The molecule has 0 heterocycles. The lowest BCUT2D eigenvalue weighted by molar-refractivity contribution is 0.500. The molecule has 0 fully saturated rings. The number of rotatable bonds is 2. The molecule has 0 N–H and O–H groups in total. The molecule has 0 radical (unpaired) electrons. The second-order valence-electron chi connectivity index (χ2n) is 3.42. The van der Waals surface area contributed by atoms with Crippen LogP contribution in [0.1, 0.15) is 16.0 Å². The zero-order valence-electron chi connectivity index (χ0n) is 8.33. The Hall–Kier alpha value is -1.22. The molecule has 16 heavy (non-hydrogen) atoms. The van der Waals surface area contributed by atoms with Gasteiger partial charge in [0.2, 0.25) is 0 Å². The molecule has 0 nitrogen and oxygen atoms in total. The Kier molecular flexibility index (Phi) is 3.34. The first-order valence-corrected chi connectivity index (χ1v) is 5.74. The van der Waals surface area contributed by atoms with Crippen LogP contribution in [0, 0.1) is 11.6 Å². The van der Waals surface area contributed by atoms with Crippen molar-refractivity contribution in [2.75, 3.05) is 0 Å². The summed E-state index contributed by atoms with van der Waals surface area (Å²) < 4.78 is 26.6. The molecule has 0 amide bonds. The summed E-state index contributed by atoms with van der Waals surface area (Å²) >= 11 is 3.37. The molecule has 1 atom stereocenters. The third-order valence-corrected chi connectivity index (χ3v) is 3.37. The van der Waals surface area contributed by atoms with E-state index in [0.29, 0.717) is 5.56 Å². The maximum absolute atomic E-state index is 13.5.